The fourth-order valence-electron chi connectivity index (χ4n) is 3.64. The van der Waals surface area contributed by atoms with Crippen molar-refractivity contribution in [3.63, 3.8) is 0 Å². The van der Waals surface area contributed by atoms with E-state index < -0.39 is 0 Å². The van der Waals surface area contributed by atoms with Crippen molar-refractivity contribution < 1.29 is 5.11 Å². The topological polar surface area (TPSA) is 104 Å². The molecule has 1 aliphatic rings. The van der Waals surface area contributed by atoms with Crippen LogP contribution in [0.15, 0.2) is 38.3 Å². The second-order valence-electron chi connectivity index (χ2n) is 7.81. The van der Waals surface area contributed by atoms with E-state index in [1.165, 1.54) is 5.57 Å². The zero-order valence-corrected chi connectivity index (χ0v) is 20.3. The van der Waals surface area contributed by atoms with Crippen LogP contribution in [-0.4, -0.2) is 28.3 Å². The van der Waals surface area contributed by atoms with Gasteiger partial charge in [0.1, 0.15) is 11.7 Å². The summed E-state index contributed by atoms with van der Waals surface area (Å²) in [6, 6.07) is 0. The molecule has 1 aromatic heterocycles. The summed E-state index contributed by atoms with van der Waals surface area (Å²) < 4.78 is 0. The number of fused-ring (bicyclic) bond motifs is 1. The Labute approximate surface area is 187 Å². The van der Waals surface area contributed by atoms with Crippen molar-refractivity contribution in [2.24, 2.45) is 21.6 Å². The molecule has 0 aliphatic heterocycles. The number of rotatable bonds is 6. The number of hydrogen-bond acceptors (Lipinski definition) is 3. The number of aryl methyl sites for hydroxylation is 1. The quantitative estimate of drug-likeness (QED) is 0.253. The highest BCUT2D eigenvalue weighted by molar-refractivity contribution is 6.04. The monoisotopic (exact) mass is 428 g/mol. The van der Waals surface area contributed by atoms with Crippen LogP contribution in [0.2, 0.25) is 0 Å². The van der Waals surface area contributed by atoms with Crippen LogP contribution >= 0.6 is 0 Å². The summed E-state index contributed by atoms with van der Waals surface area (Å²) >= 11 is 0. The normalized spacial score (nSPS) is 16.4. The first-order valence-electron chi connectivity index (χ1n) is 11.4. The molecule has 6 heteroatoms. The van der Waals surface area contributed by atoms with Crippen LogP contribution in [0.3, 0.4) is 0 Å². The zero-order valence-electron chi connectivity index (χ0n) is 20.3. The van der Waals surface area contributed by atoms with E-state index in [2.05, 4.69) is 28.8 Å². The Morgan fingerprint density at radius 3 is 2.48 bits per heavy atom. The van der Waals surface area contributed by atoms with Crippen molar-refractivity contribution in [2.75, 3.05) is 6.54 Å². The first-order valence-corrected chi connectivity index (χ1v) is 11.4. The first kappa shape index (κ1) is 26.4. The number of nitrogens with one attached hydrogen (secondary N) is 1. The maximum absolute atomic E-state index is 12.7. The minimum Gasteiger partial charge on any atom is -0.513 e. The van der Waals surface area contributed by atoms with Gasteiger partial charge in [0.05, 0.1) is 11.5 Å². The number of pyridine rings is 1. The Morgan fingerprint density at radius 1 is 1.23 bits per heavy atom. The Morgan fingerprint density at radius 2 is 1.87 bits per heavy atom. The molecule has 31 heavy (non-hydrogen) atoms. The van der Waals surface area contributed by atoms with Gasteiger partial charge in [-0.25, -0.2) is 4.99 Å². The van der Waals surface area contributed by atoms with Crippen molar-refractivity contribution in [1.29, 1.82) is 0 Å². The number of allylic oxidation sites excluding steroid dienone is 3. The summed E-state index contributed by atoms with van der Waals surface area (Å²) in [7, 11) is 0. The third-order valence-electron chi connectivity index (χ3n) is 5.45. The van der Waals surface area contributed by atoms with Crippen LogP contribution in [0.4, 0.5) is 0 Å². The summed E-state index contributed by atoms with van der Waals surface area (Å²) in [6.07, 6.45) is 8.40. The second-order valence-corrected chi connectivity index (χ2v) is 7.81. The second kappa shape index (κ2) is 12.9. The number of aliphatic hydroxyl groups excluding tert-OH is 1. The lowest BCUT2D eigenvalue weighted by atomic mass is 9.93. The van der Waals surface area contributed by atoms with Crippen LogP contribution in [0.25, 0.3) is 0 Å². The number of amidine groups is 2. The Kier molecular flexibility index (Phi) is 11.0. The van der Waals surface area contributed by atoms with E-state index >= 15 is 0 Å². The Balaban J connectivity index is 0.00000233. The van der Waals surface area contributed by atoms with Gasteiger partial charge in [0.15, 0.2) is 5.43 Å². The van der Waals surface area contributed by atoms with Gasteiger partial charge < -0.3 is 15.8 Å². The molecule has 0 radical (unpaired) electrons. The van der Waals surface area contributed by atoms with Gasteiger partial charge in [0.25, 0.3) is 0 Å². The van der Waals surface area contributed by atoms with Gasteiger partial charge in [-0.3, -0.25) is 9.79 Å². The standard InChI is InChI=1S/C23H34N4O2.C2H6/c1-6-18(12-11-15(3)28)14(2)13-25-17(5)26-23(24)21-16(4)22(29)19-9-7-8-10-20(19)27-21;1-2/h11-12,14,28H,6-10,13H2,1-5H3,(H,27,29)(H2,24,25,26);1-2H3/b15-11+,18-12+;. The van der Waals surface area contributed by atoms with E-state index in [1.807, 2.05) is 26.8 Å². The zero-order chi connectivity index (χ0) is 23.6. The van der Waals surface area contributed by atoms with Gasteiger partial charge in [-0.2, -0.15) is 0 Å². The van der Waals surface area contributed by atoms with E-state index in [4.69, 9.17) is 5.73 Å². The lowest BCUT2D eigenvalue weighted by Gasteiger charge is -2.18. The fraction of sp³-hybridized carbons (Fsp3) is 0.560. The van der Waals surface area contributed by atoms with Crippen LogP contribution in [0.1, 0.15) is 83.3 Å². The van der Waals surface area contributed by atoms with Gasteiger partial charge in [0.2, 0.25) is 0 Å². The highest BCUT2D eigenvalue weighted by Crippen LogP contribution is 2.18. The average Bonchev–Trinajstić information content (AvgIpc) is 2.76. The van der Waals surface area contributed by atoms with Crippen molar-refractivity contribution >= 4 is 11.7 Å². The number of aliphatic hydroxyl groups is 1. The molecule has 0 saturated carbocycles. The summed E-state index contributed by atoms with van der Waals surface area (Å²) in [5.41, 5.74) is 10.6. The molecule has 0 spiro atoms. The van der Waals surface area contributed by atoms with Gasteiger partial charge in [-0.05, 0) is 64.9 Å². The number of H-pyrrole nitrogens is 1. The van der Waals surface area contributed by atoms with E-state index in [-0.39, 0.29) is 17.1 Å². The summed E-state index contributed by atoms with van der Waals surface area (Å²) in [5, 5.41) is 9.35. The predicted molar refractivity (Wildman–Crippen MR) is 132 cm³/mol. The molecular formula is C25H40N4O2. The molecule has 0 fully saturated rings. The van der Waals surface area contributed by atoms with Gasteiger partial charge in [-0.15, -0.1) is 0 Å². The molecule has 0 bridgehead atoms. The molecule has 4 N–H and O–H groups in total. The molecule has 6 nitrogen and oxygen atoms in total. The lowest BCUT2D eigenvalue weighted by Crippen LogP contribution is -2.28. The average molecular weight is 429 g/mol. The van der Waals surface area contributed by atoms with E-state index in [0.717, 1.165) is 43.4 Å². The predicted octanol–water partition coefficient (Wildman–Crippen LogP) is 5.15. The molecule has 1 aromatic rings. The van der Waals surface area contributed by atoms with Crippen LogP contribution in [-0.2, 0) is 12.8 Å². The maximum atomic E-state index is 12.7. The van der Waals surface area contributed by atoms with Gasteiger partial charge >= 0.3 is 0 Å². The van der Waals surface area contributed by atoms with Crippen molar-refractivity contribution in [1.82, 2.24) is 4.98 Å². The third-order valence-corrected chi connectivity index (χ3v) is 5.45. The van der Waals surface area contributed by atoms with E-state index in [0.29, 0.717) is 29.5 Å². The van der Waals surface area contributed by atoms with E-state index in [9.17, 15) is 9.90 Å². The summed E-state index contributed by atoms with van der Waals surface area (Å²) in [6.45, 7) is 14.0. The van der Waals surface area contributed by atoms with Gasteiger partial charge in [0, 0.05) is 23.4 Å². The lowest BCUT2D eigenvalue weighted by molar-refractivity contribution is 0.414. The van der Waals surface area contributed by atoms with Crippen LogP contribution in [0.5, 0.6) is 0 Å². The molecule has 1 heterocycles. The number of aromatic nitrogens is 1. The fourth-order valence-corrected chi connectivity index (χ4v) is 3.64. The highest BCUT2D eigenvalue weighted by atomic mass is 16.3. The smallest absolute Gasteiger partial charge is 0.188 e. The molecular weight excluding hydrogens is 388 g/mol. The highest BCUT2D eigenvalue weighted by Gasteiger charge is 2.18. The Bertz CT molecular complexity index is 916. The molecule has 2 rings (SSSR count). The minimum atomic E-state index is 0.0831. The molecule has 172 valence electrons. The largest absolute Gasteiger partial charge is 0.513 e. The summed E-state index contributed by atoms with van der Waals surface area (Å²) in [5.74, 6) is 1.39. The van der Waals surface area contributed by atoms with E-state index in [1.54, 1.807) is 19.9 Å². The van der Waals surface area contributed by atoms with Gasteiger partial charge in [-0.1, -0.05) is 39.3 Å². The number of nitrogens with two attached hydrogens (primary N) is 1. The number of aliphatic imine (C=N–C) groups is 2. The van der Waals surface area contributed by atoms with Crippen molar-refractivity contribution in [3.05, 3.63) is 56.2 Å². The molecule has 1 atom stereocenters. The molecule has 1 unspecified atom stereocenters. The molecule has 0 saturated heterocycles. The number of nitrogens with zero attached hydrogens (tertiary/aromatic N) is 2. The van der Waals surface area contributed by atoms with Crippen LogP contribution in [0, 0.1) is 12.8 Å². The molecule has 0 amide bonds. The Hall–Kier alpha value is -2.63. The molecule has 0 aromatic carbocycles. The van der Waals surface area contributed by atoms with Crippen molar-refractivity contribution in [2.45, 2.75) is 80.6 Å². The summed E-state index contributed by atoms with van der Waals surface area (Å²) in [4.78, 5) is 25.0. The minimum absolute atomic E-state index is 0.0831. The molecule has 1 aliphatic carbocycles. The number of aromatic amines is 1. The first-order chi connectivity index (χ1) is 14.7. The third kappa shape index (κ3) is 7.53. The number of hydrogen-bond donors (Lipinski definition) is 3. The maximum Gasteiger partial charge on any atom is 0.188 e. The SMILES string of the molecule is CC.CC/C(=C\C=C(/C)O)C(C)CN=C(C)N=C(N)c1[nH]c2c(c(=O)c1C)CCCC2. The van der Waals surface area contributed by atoms with Crippen molar-refractivity contribution in [3.8, 4) is 0 Å². The van der Waals surface area contributed by atoms with Crippen LogP contribution < -0.4 is 11.2 Å².